The fraction of sp³-hybridized carbons (Fsp3) is 0.421. The summed E-state index contributed by atoms with van der Waals surface area (Å²) in [6, 6.07) is 9.24. The largest absolute Gasteiger partial charge is 0.466 e. The molecular formula is C19H26N4O4. The van der Waals surface area contributed by atoms with Crippen LogP contribution < -0.4 is 10.6 Å². The summed E-state index contributed by atoms with van der Waals surface area (Å²) in [5.74, 6) is -0.781. The van der Waals surface area contributed by atoms with E-state index in [9.17, 15) is 9.59 Å². The smallest absolute Gasteiger partial charge is 0.319 e. The summed E-state index contributed by atoms with van der Waals surface area (Å²) in [4.78, 5) is 24.3. The number of nitrogens with zero attached hydrogens (tertiary/aromatic N) is 2. The van der Waals surface area contributed by atoms with E-state index in [1.807, 2.05) is 30.3 Å². The molecule has 146 valence electrons. The second-order valence-corrected chi connectivity index (χ2v) is 5.96. The van der Waals surface area contributed by atoms with E-state index >= 15 is 0 Å². The van der Waals surface area contributed by atoms with Gasteiger partial charge in [-0.25, -0.2) is 4.79 Å². The molecule has 1 heterocycles. The predicted octanol–water partition coefficient (Wildman–Crippen LogP) is 2.07. The SMILES string of the molecule is CCOC(=O)C(CNC(=O)Nc1cnn(CCOC)c1)Cc1ccccc1. The molecular weight excluding hydrogens is 348 g/mol. The van der Waals surface area contributed by atoms with Crippen molar-refractivity contribution in [1.29, 1.82) is 0 Å². The molecule has 0 radical (unpaired) electrons. The van der Waals surface area contributed by atoms with Gasteiger partial charge in [0.05, 0.1) is 37.6 Å². The standard InChI is InChI=1S/C19H26N4O4/c1-3-27-18(24)16(11-15-7-5-4-6-8-15)12-20-19(25)22-17-13-21-23(14-17)9-10-26-2/h4-8,13-14,16H,3,9-12H2,1-2H3,(H2,20,22,25). The van der Waals surface area contributed by atoms with Crippen molar-refractivity contribution in [2.24, 2.45) is 5.92 Å². The molecule has 1 atom stereocenters. The van der Waals surface area contributed by atoms with E-state index < -0.39 is 11.9 Å². The summed E-state index contributed by atoms with van der Waals surface area (Å²) in [7, 11) is 1.62. The molecule has 0 aliphatic rings. The van der Waals surface area contributed by atoms with Crippen LogP contribution in [0, 0.1) is 5.92 Å². The minimum Gasteiger partial charge on any atom is -0.466 e. The highest BCUT2D eigenvalue weighted by Crippen LogP contribution is 2.11. The van der Waals surface area contributed by atoms with Gasteiger partial charge in [-0.2, -0.15) is 5.10 Å². The predicted molar refractivity (Wildman–Crippen MR) is 101 cm³/mol. The fourth-order valence-electron chi connectivity index (χ4n) is 2.52. The molecule has 2 aromatic rings. The lowest BCUT2D eigenvalue weighted by Crippen LogP contribution is -2.37. The maximum absolute atomic E-state index is 12.2. The third kappa shape index (κ3) is 7.10. The van der Waals surface area contributed by atoms with Crippen LogP contribution in [-0.4, -0.2) is 48.6 Å². The van der Waals surface area contributed by atoms with Gasteiger partial charge < -0.3 is 20.1 Å². The van der Waals surface area contributed by atoms with E-state index in [0.717, 1.165) is 5.56 Å². The van der Waals surface area contributed by atoms with E-state index in [-0.39, 0.29) is 12.5 Å². The average molecular weight is 374 g/mol. The number of hydrogen-bond donors (Lipinski definition) is 2. The maximum atomic E-state index is 12.2. The van der Waals surface area contributed by atoms with Crippen LogP contribution >= 0.6 is 0 Å². The van der Waals surface area contributed by atoms with Gasteiger partial charge in [0.15, 0.2) is 0 Å². The van der Waals surface area contributed by atoms with E-state index in [1.165, 1.54) is 0 Å². The first-order chi connectivity index (χ1) is 13.1. The minimum atomic E-state index is -0.456. The second kappa shape index (κ2) is 11.0. The monoisotopic (exact) mass is 374 g/mol. The Bertz CT molecular complexity index is 718. The Hall–Kier alpha value is -2.87. The molecule has 27 heavy (non-hydrogen) atoms. The summed E-state index contributed by atoms with van der Waals surface area (Å²) in [5.41, 5.74) is 1.58. The molecule has 0 bridgehead atoms. The Balaban J connectivity index is 1.88. The molecule has 2 N–H and O–H groups in total. The normalized spacial score (nSPS) is 11.6. The molecule has 8 nitrogen and oxygen atoms in total. The van der Waals surface area contributed by atoms with Crippen molar-refractivity contribution < 1.29 is 19.1 Å². The van der Waals surface area contributed by atoms with Crippen LogP contribution in [0.5, 0.6) is 0 Å². The van der Waals surface area contributed by atoms with Crippen molar-refractivity contribution in [2.45, 2.75) is 19.9 Å². The van der Waals surface area contributed by atoms with Crippen molar-refractivity contribution in [3.63, 3.8) is 0 Å². The zero-order valence-corrected chi connectivity index (χ0v) is 15.7. The van der Waals surface area contributed by atoms with Crippen molar-refractivity contribution in [3.8, 4) is 0 Å². The lowest BCUT2D eigenvalue weighted by atomic mass is 9.99. The Labute approximate surface area is 158 Å². The third-order valence-corrected chi connectivity index (χ3v) is 3.87. The van der Waals surface area contributed by atoms with Gasteiger partial charge >= 0.3 is 12.0 Å². The first-order valence-corrected chi connectivity index (χ1v) is 8.89. The Morgan fingerprint density at radius 2 is 2.04 bits per heavy atom. The van der Waals surface area contributed by atoms with Crippen LogP contribution in [0.25, 0.3) is 0 Å². The van der Waals surface area contributed by atoms with Gasteiger partial charge in [-0.1, -0.05) is 30.3 Å². The molecule has 1 unspecified atom stereocenters. The van der Waals surface area contributed by atoms with Crippen molar-refractivity contribution in [1.82, 2.24) is 15.1 Å². The van der Waals surface area contributed by atoms with Crippen LogP contribution in [0.3, 0.4) is 0 Å². The number of hydrogen-bond acceptors (Lipinski definition) is 5. The number of methoxy groups -OCH3 is 1. The van der Waals surface area contributed by atoms with Crippen LogP contribution in [0.2, 0.25) is 0 Å². The number of esters is 1. The Morgan fingerprint density at radius 3 is 2.74 bits per heavy atom. The lowest BCUT2D eigenvalue weighted by Gasteiger charge is -2.16. The number of urea groups is 1. The van der Waals surface area contributed by atoms with Gasteiger partial charge in [0, 0.05) is 19.9 Å². The highest BCUT2D eigenvalue weighted by atomic mass is 16.5. The number of aromatic nitrogens is 2. The van der Waals surface area contributed by atoms with Crippen LogP contribution in [0.15, 0.2) is 42.7 Å². The molecule has 1 aromatic carbocycles. The molecule has 2 rings (SSSR count). The summed E-state index contributed by atoms with van der Waals surface area (Å²) < 4.78 is 11.8. The highest BCUT2D eigenvalue weighted by Gasteiger charge is 2.21. The topological polar surface area (TPSA) is 94.5 Å². The first kappa shape index (κ1) is 20.4. The van der Waals surface area contributed by atoms with Crippen LogP contribution in [0.1, 0.15) is 12.5 Å². The zero-order valence-electron chi connectivity index (χ0n) is 15.7. The van der Waals surface area contributed by atoms with Gasteiger partial charge in [0.2, 0.25) is 0 Å². The minimum absolute atomic E-state index is 0.178. The first-order valence-electron chi connectivity index (χ1n) is 8.89. The van der Waals surface area contributed by atoms with Crippen molar-refractivity contribution in [3.05, 3.63) is 48.3 Å². The quantitative estimate of drug-likeness (QED) is 0.621. The van der Waals surface area contributed by atoms with Crippen LogP contribution in [-0.2, 0) is 27.2 Å². The van der Waals surface area contributed by atoms with E-state index in [2.05, 4.69) is 15.7 Å². The number of benzene rings is 1. The molecule has 0 spiro atoms. The molecule has 1 aromatic heterocycles. The van der Waals surface area contributed by atoms with E-state index in [4.69, 9.17) is 9.47 Å². The van der Waals surface area contributed by atoms with Crippen molar-refractivity contribution >= 4 is 17.7 Å². The molecule has 0 aliphatic heterocycles. The summed E-state index contributed by atoms with van der Waals surface area (Å²) in [6.45, 7) is 3.38. The zero-order chi connectivity index (χ0) is 19.5. The molecule has 0 saturated carbocycles. The molecule has 0 aliphatic carbocycles. The number of anilines is 1. The molecule has 0 saturated heterocycles. The number of carbonyl (C=O) groups is 2. The lowest BCUT2D eigenvalue weighted by molar-refractivity contribution is -0.147. The number of ether oxygens (including phenoxy) is 2. The number of nitrogens with one attached hydrogen (secondary N) is 2. The highest BCUT2D eigenvalue weighted by molar-refractivity contribution is 5.89. The van der Waals surface area contributed by atoms with Gasteiger partial charge in [-0.15, -0.1) is 0 Å². The maximum Gasteiger partial charge on any atom is 0.319 e. The number of carbonyl (C=O) groups excluding carboxylic acids is 2. The van der Waals surface area contributed by atoms with Gasteiger partial charge in [0.1, 0.15) is 0 Å². The summed E-state index contributed by atoms with van der Waals surface area (Å²) in [5, 5.41) is 9.56. The van der Waals surface area contributed by atoms with E-state index in [1.54, 1.807) is 31.1 Å². The van der Waals surface area contributed by atoms with Gasteiger partial charge in [0.25, 0.3) is 0 Å². The summed E-state index contributed by atoms with van der Waals surface area (Å²) in [6.07, 6.45) is 3.77. The Morgan fingerprint density at radius 1 is 1.26 bits per heavy atom. The fourth-order valence-corrected chi connectivity index (χ4v) is 2.52. The Kier molecular flexibility index (Phi) is 8.31. The number of rotatable bonds is 10. The third-order valence-electron chi connectivity index (χ3n) is 3.87. The van der Waals surface area contributed by atoms with Crippen LogP contribution in [0.4, 0.5) is 10.5 Å². The van der Waals surface area contributed by atoms with Gasteiger partial charge in [-0.05, 0) is 18.9 Å². The number of amides is 2. The van der Waals surface area contributed by atoms with Crippen molar-refractivity contribution in [2.75, 3.05) is 32.2 Å². The molecule has 0 fully saturated rings. The molecule has 2 amide bonds. The van der Waals surface area contributed by atoms with E-state index in [0.29, 0.717) is 31.9 Å². The summed E-state index contributed by atoms with van der Waals surface area (Å²) >= 11 is 0. The van der Waals surface area contributed by atoms with Gasteiger partial charge in [-0.3, -0.25) is 9.48 Å². The average Bonchev–Trinajstić information content (AvgIpc) is 3.11. The molecule has 8 heteroatoms. The second-order valence-electron chi connectivity index (χ2n) is 5.96.